The van der Waals surface area contributed by atoms with Crippen molar-refractivity contribution in [3.05, 3.63) is 35.4 Å². The van der Waals surface area contributed by atoms with Crippen LogP contribution in [0.5, 0.6) is 0 Å². The third-order valence-electron chi connectivity index (χ3n) is 2.27. The molecule has 0 bridgehead atoms. The molecule has 20 heavy (non-hydrogen) atoms. The fourth-order valence-corrected chi connectivity index (χ4v) is 2.04. The zero-order valence-corrected chi connectivity index (χ0v) is 11.2. The molecule has 2 N–H and O–H groups in total. The van der Waals surface area contributed by atoms with Gasteiger partial charge in [-0.15, -0.1) is 0 Å². The lowest BCUT2D eigenvalue weighted by Crippen LogP contribution is -2.20. The molecule has 0 aliphatic heterocycles. The van der Waals surface area contributed by atoms with Crippen LogP contribution in [-0.4, -0.2) is 45.8 Å². The molecule has 0 fully saturated rings. The van der Waals surface area contributed by atoms with Gasteiger partial charge in [0.05, 0.1) is 11.2 Å². The smallest absolute Gasteiger partial charge is 0.215 e. The topological polar surface area (TPSA) is 65.2 Å². The Morgan fingerprint density at radius 3 is 3.15 bits per heavy atom. The molecule has 6 heteroatoms. The number of hydrogen-bond donors (Lipinski definition) is 2. The molecule has 0 saturated heterocycles. The Morgan fingerprint density at radius 1 is 1.55 bits per heavy atom. The van der Waals surface area contributed by atoms with Gasteiger partial charge in [0.2, 0.25) is 10.0 Å². The van der Waals surface area contributed by atoms with Crippen LogP contribution in [0.25, 0.3) is 10.9 Å². The normalized spacial score (nSPS) is 25.3. The molecule has 0 atom stereocenters. The van der Waals surface area contributed by atoms with Crippen LogP contribution in [0, 0.1) is 0 Å². The van der Waals surface area contributed by atoms with E-state index in [9.17, 15) is 8.42 Å². The first-order valence-corrected chi connectivity index (χ1v) is 6.98. The van der Waals surface area contributed by atoms with Crippen molar-refractivity contribution in [3.63, 3.8) is 0 Å². The number of likely N-dealkylation sites (N-methyl/N-ethyl adjacent to an activating group) is 1. The summed E-state index contributed by atoms with van der Waals surface area (Å²) in [6.45, 7) is -9.51. The minimum atomic E-state index is -4.67. The van der Waals surface area contributed by atoms with Crippen molar-refractivity contribution in [2.45, 2.75) is 12.1 Å². The van der Waals surface area contributed by atoms with Crippen LogP contribution >= 0.6 is 0 Å². The summed E-state index contributed by atoms with van der Waals surface area (Å²) in [5.74, 6) is -1.24. The van der Waals surface area contributed by atoms with Gasteiger partial charge in [0.1, 0.15) is 0 Å². The van der Waals surface area contributed by atoms with Crippen molar-refractivity contribution in [1.29, 1.82) is 0 Å². The molecular formula is C14H21N3O2S. The highest BCUT2D eigenvalue weighted by atomic mass is 32.2. The molecule has 0 saturated carbocycles. The van der Waals surface area contributed by atoms with Gasteiger partial charge in [0.15, 0.2) is 0 Å². The van der Waals surface area contributed by atoms with Crippen LogP contribution in [0.3, 0.4) is 0 Å². The largest absolute Gasteiger partial charge is 0.361 e. The summed E-state index contributed by atoms with van der Waals surface area (Å²) in [4.78, 5) is 2.40. The number of benzene rings is 1. The van der Waals surface area contributed by atoms with Crippen LogP contribution in [0.1, 0.15) is 30.3 Å². The predicted molar refractivity (Wildman–Crippen MR) is 82.2 cm³/mol. The molecule has 0 unspecified atom stereocenters. The van der Waals surface area contributed by atoms with Gasteiger partial charge in [-0.05, 0) is 50.6 Å². The molecule has 1 aromatic heterocycles. The average molecular weight is 309 g/mol. The molecule has 5 nitrogen and oxygen atoms in total. The van der Waals surface area contributed by atoms with Crippen LogP contribution in [0.4, 0.5) is 0 Å². The third-order valence-corrected chi connectivity index (χ3v) is 3.24. The van der Waals surface area contributed by atoms with Crippen LogP contribution in [0.15, 0.2) is 24.3 Å². The van der Waals surface area contributed by atoms with E-state index >= 15 is 0 Å². The summed E-state index contributed by atoms with van der Waals surface area (Å²) < 4.78 is 135. The minimum Gasteiger partial charge on any atom is -0.361 e. The van der Waals surface area contributed by atoms with E-state index in [4.69, 9.17) is 19.2 Å². The lowest BCUT2D eigenvalue weighted by atomic mass is 10.1. The van der Waals surface area contributed by atoms with Gasteiger partial charge in [-0.3, -0.25) is 0 Å². The van der Waals surface area contributed by atoms with E-state index < -0.39 is 88.9 Å². The summed E-state index contributed by atoms with van der Waals surface area (Å²) in [5.41, 5.74) is -1.98. The highest BCUT2D eigenvalue weighted by Crippen LogP contribution is 2.21. The molecule has 2 rings (SSSR count). The van der Waals surface area contributed by atoms with E-state index in [0.717, 1.165) is 7.05 Å². The minimum absolute atomic E-state index is 0.119. The van der Waals surface area contributed by atoms with E-state index in [-0.39, 0.29) is 4.90 Å². The van der Waals surface area contributed by atoms with Crippen molar-refractivity contribution in [2.75, 3.05) is 27.5 Å². The number of fused-ring (bicyclic) bond motifs is 1. The van der Waals surface area contributed by atoms with E-state index in [1.807, 2.05) is 0 Å². The van der Waals surface area contributed by atoms with E-state index in [1.54, 1.807) is 0 Å². The highest BCUT2D eigenvalue weighted by Gasteiger charge is 2.11. The molecular weight excluding hydrogens is 274 g/mol. The molecule has 0 amide bonds. The van der Waals surface area contributed by atoms with Crippen molar-refractivity contribution < 1.29 is 27.6 Å². The second-order valence-corrected chi connectivity index (χ2v) is 5.61. The number of rotatable bonds is 6. The Labute approximate surface area is 139 Å². The number of aryl methyl sites for hydroxylation is 1. The Kier molecular flexibility index (Phi) is 1.52. The second kappa shape index (κ2) is 5.95. The lowest BCUT2D eigenvalue weighted by Gasteiger charge is -2.08. The predicted octanol–water partition coefficient (Wildman–Crippen LogP) is 1.32. The maximum absolute atomic E-state index is 12.3. The first-order valence-electron chi connectivity index (χ1n) is 12.3. The van der Waals surface area contributed by atoms with Crippen molar-refractivity contribution in [2.24, 2.45) is 0 Å². The highest BCUT2D eigenvalue weighted by molar-refractivity contribution is 7.88. The molecule has 110 valence electrons. The molecule has 2 aromatic rings. The van der Waals surface area contributed by atoms with Gasteiger partial charge in [-0.1, -0.05) is 6.04 Å². The summed E-state index contributed by atoms with van der Waals surface area (Å²) in [5, 5.41) is -0.599. The van der Waals surface area contributed by atoms with Crippen molar-refractivity contribution in [1.82, 2.24) is 14.6 Å². The van der Waals surface area contributed by atoms with Crippen LogP contribution in [0.2, 0.25) is 0 Å². The van der Waals surface area contributed by atoms with Gasteiger partial charge in [0.25, 0.3) is 0 Å². The maximum Gasteiger partial charge on any atom is 0.215 e. The van der Waals surface area contributed by atoms with Gasteiger partial charge >= 0.3 is 0 Å². The number of sulfonamides is 1. The fourth-order valence-electron chi connectivity index (χ4n) is 1.45. The Morgan fingerprint density at radius 2 is 2.40 bits per heavy atom. The second-order valence-electron chi connectivity index (χ2n) is 3.89. The van der Waals surface area contributed by atoms with Crippen LogP contribution < -0.4 is 4.72 Å². The monoisotopic (exact) mass is 309 g/mol. The molecule has 0 radical (unpaired) electrons. The summed E-state index contributed by atoms with van der Waals surface area (Å²) in [7, 11) is -3.88. The number of H-pyrrole nitrogens is 1. The Hall–Kier alpha value is -1.37. The van der Waals surface area contributed by atoms with Crippen molar-refractivity contribution in [3.8, 4) is 0 Å². The zero-order chi connectivity index (χ0) is 26.8. The first kappa shape index (κ1) is 5.12. The Bertz CT molecular complexity index is 1220. The molecule has 1 aromatic carbocycles. The summed E-state index contributed by atoms with van der Waals surface area (Å²) >= 11 is 0. The van der Waals surface area contributed by atoms with E-state index in [0.29, 0.717) is 0 Å². The third kappa shape index (κ3) is 3.59. The SMILES string of the molecule is [2H]c1[nH]c2c([2H])c([2H])c(CS(=O)(=O)NC([2H])([2H])[2H])c([2H])c2c1C([2H])([2H])C([2H])([2H])N(C)C([2H])([2H])[2H]. The summed E-state index contributed by atoms with van der Waals surface area (Å²) in [6, 6.07) is -2.40. The number of aromatic nitrogens is 1. The molecule has 0 aliphatic carbocycles. The zero-order valence-electron chi connectivity index (χ0n) is 24.4. The van der Waals surface area contributed by atoms with E-state index in [2.05, 4.69) is 4.98 Å². The molecule has 0 aliphatic rings. The summed E-state index contributed by atoms with van der Waals surface area (Å²) in [6.07, 6.45) is -4.10. The Balaban J connectivity index is 2.86. The molecule has 0 spiro atoms. The standard InChI is InChI=1S/C14H21N3O2S/c1-15-20(18,19)10-11-4-5-14-13(8-11)12(9-16-14)6-7-17(2)3/h4-5,8-9,15-16H,6-7,10H2,1-3H3/i1D3,2D3,4D,5D,6D2,7D2,8D,9D. The number of nitrogens with zero attached hydrogens (tertiary/aromatic N) is 1. The first-order chi connectivity index (χ1) is 15.0. The van der Waals surface area contributed by atoms with E-state index in [1.165, 1.54) is 4.72 Å². The molecule has 1 heterocycles. The van der Waals surface area contributed by atoms with Crippen LogP contribution in [-0.2, 0) is 22.1 Å². The lowest BCUT2D eigenvalue weighted by molar-refractivity contribution is 0.414. The van der Waals surface area contributed by atoms with Crippen molar-refractivity contribution >= 4 is 20.9 Å². The van der Waals surface area contributed by atoms with Gasteiger partial charge in [-0.25, -0.2) is 13.1 Å². The number of aromatic amines is 1. The number of nitrogens with one attached hydrogen (secondary N) is 2. The maximum atomic E-state index is 12.3. The number of hydrogen-bond acceptors (Lipinski definition) is 3. The van der Waals surface area contributed by atoms with Gasteiger partial charge in [-0.2, -0.15) is 0 Å². The average Bonchev–Trinajstić information content (AvgIpc) is 2.98. The van der Waals surface area contributed by atoms with Gasteiger partial charge in [0, 0.05) is 37.3 Å². The quantitative estimate of drug-likeness (QED) is 0.846. The fraction of sp³-hybridized carbons (Fsp3) is 0.429. The van der Waals surface area contributed by atoms with Gasteiger partial charge < -0.3 is 9.88 Å².